The summed E-state index contributed by atoms with van der Waals surface area (Å²) in [5.74, 6) is 0.563. The van der Waals surface area contributed by atoms with Crippen LogP contribution < -0.4 is 15.5 Å². The van der Waals surface area contributed by atoms with Crippen molar-refractivity contribution in [3.8, 4) is 0 Å². The Morgan fingerprint density at radius 1 is 1.07 bits per heavy atom. The fourth-order valence-corrected chi connectivity index (χ4v) is 3.38. The van der Waals surface area contributed by atoms with Crippen LogP contribution in [0.2, 0.25) is 0 Å². The summed E-state index contributed by atoms with van der Waals surface area (Å²) in [5.41, 5.74) is 1.51. The molecule has 0 aliphatic carbocycles. The quantitative estimate of drug-likeness (QED) is 0.533. The Labute approximate surface area is 166 Å². The summed E-state index contributed by atoms with van der Waals surface area (Å²) in [6.07, 6.45) is 0. The van der Waals surface area contributed by atoms with Crippen molar-refractivity contribution < 1.29 is 13.9 Å². The zero-order valence-corrected chi connectivity index (χ0v) is 16.8. The molecule has 2 aliphatic rings. The molecule has 2 fully saturated rings. The van der Waals surface area contributed by atoms with Gasteiger partial charge < -0.3 is 25.0 Å². The van der Waals surface area contributed by atoms with Crippen molar-refractivity contribution in [2.45, 2.75) is 13.5 Å². The van der Waals surface area contributed by atoms with Gasteiger partial charge in [-0.2, -0.15) is 0 Å². The average Bonchev–Trinajstić information content (AvgIpc) is 2.73. The molecule has 2 aliphatic heterocycles. The Kier molecular flexibility index (Phi) is 8.32. The number of morpholine rings is 2. The van der Waals surface area contributed by atoms with Gasteiger partial charge in [-0.05, 0) is 24.6 Å². The van der Waals surface area contributed by atoms with Crippen molar-refractivity contribution in [3.63, 3.8) is 0 Å². The third-order valence-electron chi connectivity index (χ3n) is 4.95. The normalized spacial score (nSPS) is 18.9. The number of hydrogen-bond donors (Lipinski definition) is 2. The van der Waals surface area contributed by atoms with E-state index in [9.17, 15) is 4.39 Å². The van der Waals surface area contributed by atoms with E-state index in [1.54, 1.807) is 6.07 Å². The summed E-state index contributed by atoms with van der Waals surface area (Å²) < 4.78 is 25.2. The minimum atomic E-state index is -0.195. The van der Waals surface area contributed by atoms with Gasteiger partial charge in [-0.25, -0.2) is 9.38 Å². The number of ether oxygens (including phenoxy) is 2. The van der Waals surface area contributed by atoms with Crippen LogP contribution in [0.15, 0.2) is 23.2 Å². The fraction of sp³-hybridized carbons (Fsp3) is 0.650. The zero-order valence-electron chi connectivity index (χ0n) is 16.8. The Morgan fingerprint density at radius 3 is 2.46 bits per heavy atom. The van der Waals surface area contributed by atoms with Gasteiger partial charge in [0.2, 0.25) is 0 Å². The second-order valence-electron chi connectivity index (χ2n) is 6.96. The molecule has 0 bridgehead atoms. The van der Waals surface area contributed by atoms with Crippen LogP contribution in [-0.4, -0.2) is 83.1 Å². The highest BCUT2D eigenvalue weighted by atomic mass is 19.1. The first-order valence-corrected chi connectivity index (χ1v) is 10.2. The second kappa shape index (κ2) is 11.2. The first-order chi connectivity index (χ1) is 13.8. The van der Waals surface area contributed by atoms with Crippen LogP contribution in [-0.2, 0) is 16.0 Å². The van der Waals surface area contributed by atoms with Gasteiger partial charge in [-0.3, -0.25) is 4.90 Å². The van der Waals surface area contributed by atoms with Crippen LogP contribution >= 0.6 is 0 Å². The minimum Gasteiger partial charge on any atom is -0.379 e. The molecule has 2 heterocycles. The van der Waals surface area contributed by atoms with Gasteiger partial charge in [-0.1, -0.05) is 6.07 Å². The maximum absolute atomic E-state index is 14.5. The molecule has 0 atom stereocenters. The molecule has 0 radical (unpaired) electrons. The third-order valence-corrected chi connectivity index (χ3v) is 4.95. The first kappa shape index (κ1) is 20.8. The number of benzene rings is 1. The van der Waals surface area contributed by atoms with Crippen molar-refractivity contribution in [1.29, 1.82) is 0 Å². The molecule has 0 spiro atoms. The average molecular weight is 394 g/mol. The Bertz CT molecular complexity index is 631. The van der Waals surface area contributed by atoms with Crippen molar-refractivity contribution in [2.75, 3.05) is 77.1 Å². The van der Waals surface area contributed by atoms with Crippen LogP contribution in [0, 0.1) is 5.82 Å². The van der Waals surface area contributed by atoms with E-state index >= 15 is 0 Å². The predicted octanol–water partition coefficient (Wildman–Crippen LogP) is 1.05. The van der Waals surface area contributed by atoms with Crippen molar-refractivity contribution in [2.24, 2.45) is 4.99 Å². The molecule has 0 amide bonds. The van der Waals surface area contributed by atoms with E-state index in [1.807, 2.05) is 24.0 Å². The topological polar surface area (TPSA) is 61.4 Å². The molecular weight excluding hydrogens is 361 g/mol. The maximum Gasteiger partial charge on any atom is 0.191 e. The highest BCUT2D eigenvalue weighted by Gasteiger charge is 2.15. The molecule has 7 nitrogen and oxygen atoms in total. The number of rotatable bonds is 7. The van der Waals surface area contributed by atoms with E-state index in [2.05, 4.69) is 20.5 Å². The molecule has 0 unspecified atom stereocenters. The highest BCUT2D eigenvalue weighted by Crippen LogP contribution is 2.21. The number of nitrogens with zero attached hydrogens (tertiary/aromatic N) is 3. The Balaban J connectivity index is 1.52. The summed E-state index contributed by atoms with van der Waals surface area (Å²) in [4.78, 5) is 9.01. The molecule has 156 valence electrons. The number of guanidine groups is 1. The molecule has 2 saturated heterocycles. The Morgan fingerprint density at radius 2 is 1.79 bits per heavy atom. The van der Waals surface area contributed by atoms with Crippen molar-refractivity contribution in [3.05, 3.63) is 29.6 Å². The lowest BCUT2D eigenvalue weighted by atomic mass is 10.1. The molecule has 3 rings (SSSR count). The van der Waals surface area contributed by atoms with Crippen molar-refractivity contribution >= 4 is 11.6 Å². The van der Waals surface area contributed by atoms with Gasteiger partial charge >= 0.3 is 0 Å². The first-order valence-electron chi connectivity index (χ1n) is 10.2. The maximum atomic E-state index is 14.5. The van der Waals surface area contributed by atoms with Crippen LogP contribution in [0.25, 0.3) is 0 Å². The van der Waals surface area contributed by atoms with Crippen LogP contribution in [0.4, 0.5) is 10.1 Å². The van der Waals surface area contributed by atoms with Crippen LogP contribution in [0.3, 0.4) is 0 Å². The molecule has 2 N–H and O–H groups in total. The third kappa shape index (κ3) is 6.32. The van der Waals surface area contributed by atoms with Gasteiger partial charge in [-0.15, -0.1) is 0 Å². The smallest absolute Gasteiger partial charge is 0.191 e. The van der Waals surface area contributed by atoms with E-state index in [4.69, 9.17) is 9.47 Å². The summed E-state index contributed by atoms with van der Waals surface area (Å²) in [5, 5.41) is 6.60. The summed E-state index contributed by atoms with van der Waals surface area (Å²) in [6, 6.07) is 5.39. The monoisotopic (exact) mass is 393 g/mol. The zero-order chi connectivity index (χ0) is 19.6. The summed E-state index contributed by atoms with van der Waals surface area (Å²) in [7, 11) is 0. The second-order valence-corrected chi connectivity index (χ2v) is 6.96. The largest absolute Gasteiger partial charge is 0.379 e. The number of nitrogens with one attached hydrogen (secondary N) is 2. The lowest BCUT2D eigenvalue weighted by molar-refractivity contribution is 0.0389. The summed E-state index contributed by atoms with van der Waals surface area (Å²) in [6.45, 7) is 11.3. The predicted molar refractivity (Wildman–Crippen MR) is 110 cm³/mol. The van der Waals surface area contributed by atoms with Gasteiger partial charge in [0.15, 0.2) is 5.96 Å². The summed E-state index contributed by atoms with van der Waals surface area (Å²) >= 11 is 0. The van der Waals surface area contributed by atoms with Gasteiger partial charge in [0, 0.05) is 45.8 Å². The molecular formula is C20H32FN5O2. The number of anilines is 1. The molecule has 8 heteroatoms. The van der Waals surface area contributed by atoms with E-state index in [-0.39, 0.29) is 5.82 Å². The lowest BCUT2D eigenvalue weighted by Crippen LogP contribution is -2.44. The molecule has 1 aromatic rings. The van der Waals surface area contributed by atoms with E-state index in [0.717, 1.165) is 70.6 Å². The number of halogens is 1. The van der Waals surface area contributed by atoms with E-state index in [0.29, 0.717) is 25.4 Å². The molecule has 28 heavy (non-hydrogen) atoms. The van der Waals surface area contributed by atoms with Gasteiger partial charge in [0.1, 0.15) is 5.82 Å². The van der Waals surface area contributed by atoms with E-state index < -0.39 is 0 Å². The Hall–Kier alpha value is -1.90. The minimum absolute atomic E-state index is 0.195. The van der Waals surface area contributed by atoms with Crippen molar-refractivity contribution in [1.82, 2.24) is 15.5 Å². The standard InChI is InChI=1S/C20H32FN5O2/c1-2-22-20(23-5-6-25-7-11-27-12-8-25)24-16-17-3-4-19(18(21)15-17)26-9-13-28-14-10-26/h3-4,15H,2,5-14,16H2,1H3,(H2,22,23,24). The molecule has 1 aromatic carbocycles. The fourth-order valence-electron chi connectivity index (χ4n) is 3.38. The highest BCUT2D eigenvalue weighted by molar-refractivity contribution is 5.79. The van der Waals surface area contributed by atoms with Crippen LogP contribution in [0.1, 0.15) is 12.5 Å². The number of aliphatic imine (C=N–C) groups is 1. The van der Waals surface area contributed by atoms with Gasteiger partial charge in [0.05, 0.1) is 38.7 Å². The van der Waals surface area contributed by atoms with Gasteiger partial charge in [0.25, 0.3) is 0 Å². The number of hydrogen-bond acceptors (Lipinski definition) is 5. The SMILES string of the molecule is CCNC(=NCc1ccc(N2CCOCC2)c(F)c1)NCCN1CCOCC1. The molecule has 0 aromatic heterocycles. The molecule has 0 saturated carbocycles. The lowest BCUT2D eigenvalue weighted by Gasteiger charge is -2.29. The van der Waals surface area contributed by atoms with Crippen LogP contribution in [0.5, 0.6) is 0 Å². The van der Waals surface area contributed by atoms with E-state index in [1.165, 1.54) is 0 Å².